The van der Waals surface area contributed by atoms with E-state index in [0.717, 1.165) is 35.5 Å². The van der Waals surface area contributed by atoms with E-state index in [-0.39, 0.29) is 11.4 Å². The second-order valence-electron chi connectivity index (χ2n) is 10.0. The van der Waals surface area contributed by atoms with Crippen LogP contribution in [0.3, 0.4) is 0 Å². The number of nitrogens with zero attached hydrogens (tertiary/aromatic N) is 5. The molecule has 10 nitrogen and oxygen atoms in total. The second-order valence-corrected chi connectivity index (χ2v) is 10.0. The van der Waals surface area contributed by atoms with Gasteiger partial charge < -0.3 is 25.1 Å². The Bertz CT molecular complexity index is 1410. The van der Waals surface area contributed by atoms with Crippen LogP contribution < -0.4 is 20.5 Å². The Morgan fingerprint density at radius 1 is 1.11 bits per heavy atom. The molecule has 4 aromatic rings. The predicted molar refractivity (Wildman–Crippen MR) is 135 cm³/mol. The van der Waals surface area contributed by atoms with Crippen LogP contribution in [0.25, 0.3) is 22.4 Å². The normalized spacial score (nSPS) is 13.5. The number of imidazole rings is 1. The van der Waals surface area contributed by atoms with Gasteiger partial charge in [-0.15, -0.1) is 0 Å². The van der Waals surface area contributed by atoms with Crippen LogP contribution in [-0.4, -0.2) is 55.0 Å². The highest BCUT2D eigenvalue weighted by atomic mass is 19.1. The Hall–Kier alpha value is -3.73. The van der Waals surface area contributed by atoms with Gasteiger partial charge in [0.15, 0.2) is 28.5 Å². The SMILES string of the molecule is Cc1cc(-c2cc3c(cc2Cc2nc4c(N)nc(F)nc4n2CCCNC(C)(C)C)OCCO3)n[nH]1. The third-order valence-corrected chi connectivity index (χ3v) is 5.99. The number of nitrogens with one attached hydrogen (secondary N) is 2. The topological polar surface area (TPSA) is 129 Å². The first-order valence-electron chi connectivity index (χ1n) is 12.1. The minimum atomic E-state index is -0.868. The van der Waals surface area contributed by atoms with E-state index in [2.05, 4.69) is 46.3 Å². The summed E-state index contributed by atoms with van der Waals surface area (Å²) in [6.07, 6.45) is 0.364. The zero-order valence-corrected chi connectivity index (χ0v) is 21.0. The number of hydrogen-bond donors (Lipinski definition) is 3. The van der Waals surface area contributed by atoms with Crippen LogP contribution >= 0.6 is 0 Å². The molecule has 1 aliphatic rings. The van der Waals surface area contributed by atoms with Crippen molar-refractivity contribution in [1.29, 1.82) is 0 Å². The average molecular weight is 495 g/mol. The van der Waals surface area contributed by atoms with Gasteiger partial charge in [0.05, 0.1) is 5.69 Å². The number of hydrogen-bond acceptors (Lipinski definition) is 8. The highest BCUT2D eigenvalue weighted by molar-refractivity contribution is 5.82. The number of nitrogen functional groups attached to an aromatic ring is 1. The predicted octanol–water partition coefficient (Wildman–Crippen LogP) is 3.39. The minimum Gasteiger partial charge on any atom is -0.486 e. The molecule has 0 amide bonds. The average Bonchev–Trinajstić information content (AvgIpc) is 3.39. The summed E-state index contributed by atoms with van der Waals surface area (Å²) in [5.41, 5.74) is 10.4. The fraction of sp³-hybridized carbons (Fsp3) is 0.440. The maximum atomic E-state index is 14.1. The Kier molecular flexibility index (Phi) is 6.25. The van der Waals surface area contributed by atoms with Crippen molar-refractivity contribution in [2.45, 2.75) is 52.6 Å². The van der Waals surface area contributed by atoms with Crippen LogP contribution in [0.15, 0.2) is 18.2 Å². The molecule has 0 saturated heterocycles. The van der Waals surface area contributed by atoms with Crippen LogP contribution in [0.4, 0.5) is 10.2 Å². The van der Waals surface area contributed by atoms with Crippen molar-refractivity contribution in [2.75, 3.05) is 25.5 Å². The van der Waals surface area contributed by atoms with E-state index in [9.17, 15) is 4.39 Å². The second kappa shape index (κ2) is 9.38. The quantitative estimate of drug-likeness (QED) is 0.263. The highest BCUT2D eigenvalue weighted by Crippen LogP contribution is 2.38. The summed E-state index contributed by atoms with van der Waals surface area (Å²) in [6.45, 7) is 10.7. The minimum absolute atomic E-state index is 0.000332. The molecule has 0 spiro atoms. The number of anilines is 1. The van der Waals surface area contributed by atoms with Crippen molar-refractivity contribution in [3.05, 3.63) is 41.4 Å². The molecule has 11 heteroatoms. The molecule has 0 fully saturated rings. The lowest BCUT2D eigenvalue weighted by Gasteiger charge is -2.21. The molecule has 36 heavy (non-hydrogen) atoms. The lowest BCUT2D eigenvalue weighted by molar-refractivity contribution is 0.171. The zero-order valence-electron chi connectivity index (χ0n) is 21.0. The van der Waals surface area contributed by atoms with Gasteiger partial charge in [-0.3, -0.25) is 5.10 Å². The summed E-state index contributed by atoms with van der Waals surface area (Å²) in [7, 11) is 0. The molecule has 0 atom stereocenters. The largest absolute Gasteiger partial charge is 0.486 e. The lowest BCUT2D eigenvalue weighted by atomic mass is 9.99. The highest BCUT2D eigenvalue weighted by Gasteiger charge is 2.22. The van der Waals surface area contributed by atoms with E-state index in [4.69, 9.17) is 20.2 Å². The number of rotatable bonds is 7. The van der Waals surface area contributed by atoms with Crippen LogP contribution in [0, 0.1) is 13.0 Å². The fourth-order valence-corrected chi connectivity index (χ4v) is 4.35. The summed E-state index contributed by atoms with van der Waals surface area (Å²) in [4.78, 5) is 12.5. The van der Waals surface area contributed by atoms with E-state index in [1.807, 2.05) is 29.7 Å². The molecule has 190 valence electrons. The van der Waals surface area contributed by atoms with Crippen molar-refractivity contribution >= 4 is 17.0 Å². The van der Waals surface area contributed by atoms with Gasteiger partial charge in [0, 0.05) is 29.8 Å². The maximum Gasteiger partial charge on any atom is 0.312 e. The summed E-state index contributed by atoms with van der Waals surface area (Å²) in [5.74, 6) is 2.09. The Labute approximate surface area is 208 Å². The first-order chi connectivity index (χ1) is 17.2. The van der Waals surface area contributed by atoms with Gasteiger partial charge in [-0.25, -0.2) is 4.98 Å². The van der Waals surface area contributed by atoms with Crippen molar-refractivity contribution < 1.29 is 13.9 Å². The molecule has 4 heterocycles. The van der Waals surface area contributed by atoms with Crippen LogP contribution in [0.5, 0.6) is 11.5 Å². The first kappa shape index (κ1) is 24.0. The summed E-state index contributed by atoms with van der Waals surface area (Å²) in [5, 5.41) is 11.0. The molecule has 4 N–H and O–H groups in total. The lowest BCUT2D eigenvalue weighted by Crippen LogP contribution is -2.36. The molecule has 0 bridgehead atoms. The molecule has 3 aromatic heterocycles. The number of fused-ring (bicyclic) bond motifs is 2. The monoisotopic (exact) mass is 494 g/mol. The molecule has 1 aliphatic heterocycles. The van der Waals surface area contributed by atoms with Crippen LogP contribution in [0.2, 0.25) is 0 Å². The van der Waals surface area contributed by atoms with Gasteiger partial charge in [-0.05, 0) is 64.4 Å². The summed E-state index contributed by atoms with van der Waals surface area (Å²) >= 11 is 0. The van der Waals surface area contributed by atoms with Gasteiger partial charge in [-0.2, -0.15) is 19.5 Å². The molecule has 0 radical (unpaired) electrons. The molecule has 0 saturated carbocycles. The van der Waals surface area contributed by atoms with Crippen LogP contribution in [-0.2, 0) is 13.0 Å². The first-order valence-corrected chi connectivity index (χ1v) is 12.1. The number of aryl methyl sites for hydroxylation is 2. The van der Waals surface area contributed by atoms with E-state index in [0.29, 0.717) is 54.7 Å². The van der Waals surface area contributed by atoms with Gasteiger partial charge >= 0.3 is 6.08 Å². The molecule has 0 unspecified atom stereocenters. The fourth-order valence-electron chi connectivity index (χ4n) is 4.35. The Balaban J connectivity index is 1.56. The Morgan fingerprint density at radius 3 is 2.56 bits per heavy atom. The molecular formula is C25H31FN8O2. The number of aromatic amines is 1. The molecule has 5 rings (SSSR count). The number of aromatic nitrogens is 6. The van der Waals surface area contributed by atoms with Gasteiger partial charge in [0.2, 0.25) is 0 Å². The third-order valence-electron chi connectivity index (χ3n) is 5.99. The van der Waals surface area contributed by atoms with Gasteiger partial charge in [-0.1, -0.05) is 0 Å². The molecule has 0 aliphatic carbocycles. The Morgan fingerprint density at radius 2 is 1.86 bits per heavy atom. The van der Waals surface area contributed by atoms with Crippen molar-refractivity contribution in [3.8, 4) is 22.8 Å². The molecular weight excluding hydrogens is 463 g/mol. The smallest absolute Gasteiger partial charge is 0.312 e. The number of halogens is 1. The standard InChI is InChI=1S/C25H31FN8O2/c1-14-10-17(33-32-14)16-13-19-18(35-8-9-36-19)11-15(16)12-20-29-21-22(27)30-24(26)31-23(21)34(20)7-5-6-28-25(2,3)4/h10-11,13,28H,5-9,12H2,1-4H3,(H,32,33)(H2,27,30,31). The van der Waals surface area contributed by atoms with Crippen molar-refractivity contribution in [2.24, 2.45) is 0 Å². The summed E-state index contributed by atoms with van der Waals surface area (Å²) < 4.78 is 27.7. The summed E-state index contributed by atoms with van der Waals surface area (Å²) in [6, 6.07) is 5.90. The van der Waals surface area contributed by atoms with Crippen molar-refractivity contribution in [1.82, 2.24) is 35.0 Å². The van der Waals surface area contributed by atoms with E-state index < -0.39 is 6.08 Å². The zero-order chi connectivity index (χ0) is 25.4. The third kappa shape index (κ3) is 4.97. The number of benzene rings is 1. The van der Waals surface area contributed by atoms with Gasteiger partial charge in [0.25, 0.3) is 0 Å². The van der Waals surface area contributed by atoms with Gasteiger partial charge in [0.1, 0.15) is 19.0 Å². The number of nitrogens with two attached hydrogens (primary N) is 1. The van der Waals surface area contributed by atoms with E-state index in [1.54, 1.807) is 0 Å². The maximum absolute atomic E-state index is 14.1. The number of H-pyrrole nitrogens is 1. The van der Waals surface area contributed by atoms with E-state index >= 15 is 0 Å². The van der Waals surface area contributed by atoms with Crippen LogP contribution in [0.1, 0.15) is 44.3 Å². The number of ether oxygens (including phenoxy) is 2. The molecule has 1 aromatic carbocycles. The van der Waals surface area contributed by atoms with Crippen molar-refractivity contribution in [3.63, 3.8) is 0 Å². The van der Waals surface area contributed by atoms with E-state index in [1.165, 1.54) is 0 Å².